The number of aliphatic hydroxyl groups excluding tert-OH is 1. The van der Waals surface area contributed by atoms with Crippen LogP contribution in [0.1, 0.15) is 56.3 Å². The van der Waals surface area contributed by atoms with Gasteiger partial charge in [-0.3, -0.25) is 4.79 Å². The summed E-state index contributed by atoms with van der Waals surface area (Å²) in [4.78, 5) is 15.9. The van der Waals surface area contributed by atoms with E-state index in [1.54, 1.807) is 6.92 Å². The molecule has 0 aliphatic carbocycles. The maximum atomic E-state index is 11.6. The summed E-state index contributed by atoms with van der Waals surface area (Å²) in [5, 5.41) is 10.5. The van der Waals surface area contributed by atoms with Crippen molar-refractivity contribution in [3.8, 4) is 0 Å². The predicted molar refractivity (Wildman–Crippen MR) is 92.7 cm³/mol. The lowest BCUT2D eigenvalue weighted by Gasteiger charge is -2.22. The fourth-order valence-corrected chi connectivity index (χ4v) is 3.79. The second-order valence-corrected chi connectivity index (χ2v) is 6.87. The largest absolute Gasteiger partial charge is 0.388 e. The number of carbonyl (C=O) groups is 1. The average Bonchev–Trinajstić information content (AvgIpc) is 2.80. The van der Waals surface area contributed by atoms with Crippen molar-refractivity contribution >= 4 is 11.6 Å². The average molecular weight is 316 g/mol. The number of anilines is 1. The summed E-state index contributed by atoms with van der Waals surface area (Å²) in [6, 6.07) is 6.06. The Balaban J connectivity index is 1.59. The number of amides is 1. The molecule has 1 fully saturated rings. The minimum atomic E-state index is -0.407. The number of nitrogens with zero attached hydrogens (tertiary/aromatic N) is 2. The van der Waals surface area contributed by atoms with Crippen LogP contribution in [0.3, 0.4) is 0 Å². The van der Waals surface area contributed by atoms with Gasteiger partial charge in [-0.1, -0.05) is 25.0 Å². The Bertz CT molecular complexity index is 550. The molecule has 0 radical (unpaired) electrons. The molecule has 126 valence electrons. The van der Waals surface area contributed by atoms with Crippen LogP contribution in [0.5, 0.6) is 0 Å². The summed E-state index contributed by atoms with van der Waals surface area (Å²) in [5.41, 5.74) is 3.19. The second kappa shape index (κ2) is 7.45. The zero-order valence-electron chi connectivity index (χ0n) is 14.1. The van der Waals surface area contributed by atoms with Crippen LogP contribution in [0.4, 0.5) is 5.69 Å². The zero-order valence-corrected chi connectivity index (χ0v) is 14.1. The van der Waals surface area contributed by atoms with E-state index in [2.05, 4.69) is 11.0 Å². The third kappa shape index (κ3) is 3.93. The number of likely N-dealkylation sites (tertiary alicyclic amines) is 1. The highest BCUT2D eigenvalue weighted by Crippen LogP contribution is 2.31. The third-order valence-electron chi connectivity index (χ3n) is 5.18. The number of fused-ring (bicyclic) bond motifs is 1. The van der Waals surface area contributed by atoms with Gasteiger partial charge in [-0.25, -0.2) is 0 Å². The van der Waals surface area contributed by atoms with Crippen LogP contribution in [0.25, 0.3) is 0 Å². The molecule has 2 aliphatic rings. The third-order valence-corrected chi connectivity index (χ3v) is 5.18. The van der Waals surface area contributed by atoms with Crippen molar-refractivity contribution in [1.82, 2.24) is 4.90 Å². The Kier molecular flexibility index (Phi) is 5.34. The van der Waals surface area contributed by atoms with Crippen molar-refractivity contribution in [3.63, 3.8) is 0 Å². The van der Waals surface area contributed by atoms with E-state index in [1.165, 1.54) is 44.3 Å². The molecule has 1 aromatic rings. The Morgan fingerprint density at radius 2 is 1.91 bits per heavy atom. The molecule has 0 bridgehead atoms. The van der Waals surface area contributed by atoms with Gasteiger partial charge in [0, 0.05) is 25.7 Å². The molecular formula is C19H28N2O2. The first-order valence-corrected chi connectivity index (χ1v) is 8.96. The highest BCUT2D eigenvalue weighted by atomic mass is 16.3. The van der Waals surface area contributed by atoms with Crippen LogP contribution in [0.2, 0.25) is 0 Å². The number of rotatable bonds is 4. The number of benzene rings is 1. The predicted octanol–water partition coefficient (Wildman–Crippen LogP) is 2.90. The highest BCUT2D eigenvalue weighted by molar-refractivity contribution is 5.93. The molecular weight excluding hydrogens is 288 g/mol. The summed E-state index contributed by atoms with van der Waals surface area (Å²) in [6.07, 6.45) is 6.53. The van der Waals surface area contributed by atoms with Gasteiger partial charge in [0.1, 0.15) is 0 Å². The molecule has 2 aliphatic heterocycles. The molecule has 1 unspecified atom stereocenters. The van der Waals surface area contributed by atoms with Gasteiger partial charge in [0.2, 0.25) is 5.91 Å². The van der Waals surface area contributed by atoms with E-state index in [0.717, 1.165) is 37.2 Å². The molecule has 0 saturated carbocycles. The van der Waals surface area contributed by atoms with Crippen LogP contribution in [0.15, 0.2) is 18.2 Å². The second-order valence-electron chi connectivity index (χ2n) is 6.87. The van der Waals surface area contributed by atoms with E-state index in [1.807, 2.05) is 17.0 Å². The molecule has 0 aromatic heterocycles. The highest BCUT2D eigenvalue weighted by Gasteiger charge is 2.23. The Labute approximate surface area is 139 Å². The molecule has 1 amide bonds. The zero-order chi connectivity index (χ0) is 16.2. The fraction of sp³-hybridized carbons (Fsp3) is 0.632. The van der Waals surface area contributed by atoms with Crippen molar-refractivity contribution in [2.75, 3.05) is 31.1 Å². The molecule has 1 atom stereocenters. The quantitative estimate of drug-likeness (QED) is 0.929. The van der Waals surface area contributed by atoms with Crippen molar-refractivity contribution in [2.24, 2.45) is 0 Å². The smallest absolute Gasteiger partial charge is 0.223 e. The number of aliphatic hydroxyl groups is 1. The van der Waals surface area contributed by atoms with E-state index in [9.17, 15) is 9.90 Å². The minimum Gasteiger partial charge on any atom is -0.388 e. The molecule has 3 rings (SSSR count). The van der Waals surface area contributed by atoms with Crippen molar-refractivity contribution in [2.45, 2.75) is 51.6 Å². The van der Waals surface area contributed by atoms with Crippen molar-refractivity contribution < 1.29 is 9.90 Å². The van der Waals surface area contributed by atoms with Gasteiger partial charge >= 0.3 is 0 Å². The number of hydrogen-bond donors (Lipinski definition) is 1. The fourth-order valence-electron chi connectivity index (χ4n) is 3.79. The number of hydrogen-bond acceptors (Lipinski definition) is 3. The summed E-state index contributed by atoms with van der Waals surface area (Å²) in [6.45, 7) is 5.68. The maximum absolute atomic E-state index is 11.6. The van der Waals surface area contributed by atoms with E-state index in [4.69, 9.17) is 0 Å². The molecule has 23 heavy (non-hydrogen) atoms. The molecule has 0 spiro atoms. The first kappa shape index (κ1) is 16.5. The van der Waals surface area contributed by atoms with E-state index in [-0.39, 0.29) is 5.91 Å². The van der Waals surface area contributed by atoms with Crippen molar-refractivity contribution in [3.05, 3.63) is 29.3 Å². The molecule has 1 N–H and O–H groups in total. The van der Waals surface area contributed by atoms with Crippen LogP contribution in [0, 0.1) is 0 Å². The normalized spacial score (nSPS) is 20.2. The summed E-state index contributed by atoms with van der Waals surface area (Å²) in [5.74, 6) is 0.0956. The topological polar surface area (TPSA) is 43.8 Å². The van der Waals surface area contributed by atoms with E-state index >= 15 is 0 Å². The van der Waals surface area contributed by atoms with Gasteiger partial charge in [0.05, 0.1) is 6.10 Å². The van der Waals surface area contributed by atoms with Gasteiger partial charge < -0.3 is 14.9 Å². The Hall–Kier alpha value is -1.39. The lowest BCUT2D eigenvalue weighted by molar-refractivity contribution is -0.116. The first-order valence-electron chi connectivity index (χ1n) is 8.96. The monoisotopic (exact) mass is 316 g/mol. The summed E-state index contributed by atoms with van der Waals surface area (Å²) >= 11 is 0. The van der Waals surface area contributed by atoms with Crippen LogP contribution >= 0.6 is 0 Å². The number of carbonyl (C=O) groups excluding carboxylic acids is 1. The molecule has 1 saturated heterocycles. The van der Waals surface area contributed by atoms with E-state index < -0.39 is 6.10 Å². The van der Waals surface area contributed by atoms with Crippen LogP contribution < -0.4 is 4.90 Å². The molecule has 4 heteroatoms. The maximum Gasteiger partial charge on any atom is 0.223 e. The van der Waals surface area contributed by atoms with Crippen molar-refractivity contribution in [1.29, 1.82) is 0 Å². The van der Waals surface area contributed by atoms with Gasteiger partial charge in [-0.2, -0.15) is 0 Å². The SMILES string of the molecule is CC(=O)N1CCc2cc(C(O)CCN3CCCCCC3)ccc21. The standard InChI is InChI=1S/C19H28N2O2/c1-15(22)21-13-8-16-14-17(6-7-18(16)21)19(23)9-12-20-10-4-2-3-5-11-20/h6-7,14,19,23H,2-5,8-13H2,1H3. The van der Waals surface area contributed by atoms with Gasteiger partial charge in [-0.15, -0.1) is 0 Å². The van der Waals surface area contributed by atoms with Crippen LogP contribution in [-0.2, 0) is 11.2 Å². The van der Waals surface area contributed by atoms with E-state index in [0.29, 0.717) is 0 Å². The summed E-state index contributed by atoms with van der Waals surface area (Å²) in [7, 11) is 0. The minimum absolute atomic E-state index is 0.0956. The van der Waals surface area contributed by atoms with Gasteiger partial charge in [0.15, 0.2) is 0 Å². The lowest BCUT2D eigenvalue weighted by atomic mass is 10.0. The lowest BCUT2D eigenvalue weighted by Crippen LogP contribution is -2.27. The van der Waals surface area contributed by atoms with Crippen LogP contribution in [-0.4, -0.2) is 42.1 Å². The molecule has 4 nitrogen and oxygen atoms in total. The van der Waals surface area contributed by atoms with Gasteiger partial charge in [0.25, 0.3) is 0 Å². The molecule has 1 aromatic carbocycles. The summed E-state index contributed by atoms with van der Waals surface area (Å²) < 4.78 is 0. The Morgan fingerprint density at radius 1 is 1.17 bits per heavy atom. The first-order chi connectivity index (χ1) is 11.1. The molecule has 2 heterocycles. The Morgan fingerprint density at radius 3 is 2.61 bits per heavy atom. The van der Waals surface area contributed by atoms with Gasteiger partial charge in [-0.05, 0) is 56.0 Å².